The molecule has 6 nitrogen and oxygen atoms in total. The van der Waals surface area contributed by atoms with Gasteiger partial charge in [-0.25, -0.2) is 4.79 Å². The Hall–Kier alpha value is -2.42. The Morgan fingerprint density at radius 1 is 1.47 bits per heavy atom. The van der Waals surface area contributed by atoms with Crippen LogP contribution in [0.1, 0.15) is 29.8 Å². The van der Waals surface area contributed by atoms with Crippen molar-refractivity contribution in [3.05, 3.63) is 39.4 Å². The molecule has 0 spiro atoms. The molecule has 1 aromatic rings. The average molecular weight is 234 g/mol. The Bertz CT molecular complexity index is 497. The van der Waals surface area contributed by atoms with Gasteiger partial charge in [-0.3, -0.25) is 10.1 Å². The third kappa shape index (κ3) is 2.58. The lowest BCUT2D eigenvalue weighted by molar-refractivity contribution is -0.385. The number of nitro groups is 1. The molecule has 0 heterocycles. The highest BCUT2D eigenvalue weighted by molar-refractivity contribution is 5.88. The second-order valence-electron chi connectivity index (χ2n) is 4.07. The highest BCUT2D eigenvalue weighted by atomic mass is 16.6. The van der Waals surface area contributed by atoms with Gasteiger partial charge in [0.1, 0.15) is 0 Å². The van der Waals surface area contributed by atoms with Gasteiger partial charge in [0, 0.05) is 12.1 Å². The van der Waals surface area contributed by atoms with Crippen LogP contribution in [0, 0.1) is 21.4 Å². The normalized spacial score (nSPS) is 10.6. The van der Waals surface area contributed by atoms with Crippen molar-refractivity contribution in [2.75, 3.05) is 0 Å². The van der Waals surface area contributed by atoms with Crippen LogP contribution in [-0.4, -0.2) is 16.0 Å². The lowest BCUT2D eigenvalue weighted by Gasteiger charge is -2.15. The highest BCUT2D eigenvalue weighted by Crippen LogP contribution is 2.27. The molecule has 0 saturated carbocycles. The monoisotopic (exact) mass is 234 g/mol. The van der Waals surface area contributed by atoms with Gasteiger partial charge in [0.15, 0.2) is 0 Å². The first-order valence-electron chi connectivity index (χ1n) is 4.72. The number of carboxylic acid groups (broad SMARTS) is 1. The van der Waals surface area contributed by atoms with Crippen LogP contribution in [-0.2, 0) is 5.41 Å². The smallest absolute Gasteiger partial charge is 0.335 e. The van der Waals surface area contributed by atoms with E-state index in [4.69, 9.17) is 10.4 Å². The minimum absolute atomic E-state index is 0.197. The number of nitrogens with zero attached hydrogens (tertiary/aromatic N) is 2. The van der Waals surface area contributed by atoms with Crippen molar-refractivity contribution in [2.45, 2.75) is 19.3 Å². The SMILES string of the molecule is CC(C)(C#N)c1cc(C(=O)O)cc([N+](=O)[O-])c1. The molecule has 0 bridgehead atoms. The number of non-ortho nitro benzene ring substituents is 1. The van der Waals surface area contributed by atoms with Crippen molar-refractivity contribution in [2.24, 2.45) is 0 Å². The number of nitro benzene ring substituents is 1. The molecule has 0 atom stereocenters. The van der Waals surface area contributed by atoms with Crippen LogP contribution >= 0.6 is 0 Å². The van der Waals surface area contributed by atoms with Crippen molar-refractivity contribution in [3.8, 4) is 6.07 Å². The van der Waals surface area contributed by atoms with E-state index in [1.54, 1.807) is 13.8 Å². The highest BCUT2D eigenvalue weighted by Gasteiger charge is 2.24. The molecule has 1 N–H and O–H groups in total. The van der Waals surface area contributed by atoms with Crippen LogP contribution in [0.15, 0.2) is 18.2 Å². The first-order chi connectivity index (χ1) is 7.77. The van der Waals surface area contributed by atoms with E-state index in [9.17, 15) is 14.9 Å². The molecule has 0 saturated heterocycles. The van der Waals surface area contributed by atoms with Crippen molar-refractivity contribution in [1.29, 1.82) is 5.26 Å². The summed E-state index contributed by atoms with van der Waals surface area (Å²) in [6, 6.07) is 5.44. The zero-order valence-electron chi connectivity index (χ0n) is 9.30. The average Bonchev–Trinajstić information content (AvgIpc) is 2.28. The summed E-state index contributed by atoms with van der Waals surface area (Å²) in [6.07, 6.45) is 0. The largest absolute Gasteiger partial charge is 0.478 e. The van der Waals surface area contributed by atoms with E-state index in [1.807, 2.05) is 6.07 Å². The van der Waals surface area contributed by atoms with Crippen LogP contribution < -0.4 is 0 Å². The standard InChI is InChI=1S/C11H10N2O4/c1-11(2,6-12)8-3-7(10(14)15)4-9(5-8)13(16)17/h3-5H,1-2H3,(H,14,15). The summed E-state index contributed by atoms with van der Waals surface area (Å²) in [5.41, 5.74) is -1.19. The van der Waals surface area contributed by atoms with Gasteiger partial charge in [0.2, 0.25) is 0 Å². The molecule has 6 heteroatoms. The van der Waals surface area contributed by atoms with E-state index in [1.165, 1.54) is 12.1 Å². The zero-order chi connectivity index (χ0) is 13.2. The first kappa shape index (κ1) is 12.6. The quantitative estimate of drug-likeness (QED) is 0.636. The van der Waals surface area contributed by atoms with Gasteiger partial charge in [0.25, 0.3) is 5.69 Å². The number of aromatic carboxylic acids is 1. The minimum Gasteiger partial charge on any atom is -0.478 e. The second kappa shape index (κ2) is 4.22. The van der Waals surface area contributed by atoms with Gasteiger partial charge in [0.05, 0.1) is 22.0 Å². The Labute approximate surface area is 97.3 Å². The molecular weight excluding hydrogens is 224 g/mol. The fourth-order valence-corrected chi connectivity index (χ4v) is 1.27. The molecule has 0 radical (unpaired) electrons. The molecule has 0 aliphatic carbocycles. The molecule has 1 aromatic carbocycles. The van der Waals surface area contributed by atoms with Crippen molar-refractivity contribution >= 4 is 11.7 Å². The summed E-state index contributed by atoms with van der Waals surface area (Å²) in [7, 11) is 0. The van der Waals surface area contributed by atoms with Crippen molar-refractivity contribution < 1.29 is 14.8 Å². The number of nitriles is 1. The first-order valence-corrected chi connectivity index (χ1v) is 4.72. The van der Waals surface area contributed by atoms with Gasteiger partial charge >= 0.3 is 5.97 Å². The fraction of sp³-hybridized carbons (Fsp3) is 0.273. The number of hydrogen-bond acceptors (Lipinski definition) is 4. The Morgan fingerprint density at radius 3 is 2.47 bits per heavy atom. The van der Waals surface area contributed by atoms with Crippen molar-refractivity contribution in [1.82, 2.24) is 0 Å². The minimum atomic E-state index is -1.26. The number of benzene rings is 1. The topological polar surface area (TPSA) is 104 Å². The molecule has 0 fully saturated rings. The zero-order valence-corrected chi connectivity index (χ0v) is 9.30. The lowest BCUT2D eigenvalue weighted by Crippen LogP contribution is -2.15. The van der Waals surface area contributed by atoms with E-state index in [2.05, 4.69) is 0 Å². The van der Waals surface area contributed by atoms with Gasteiger partial charge in [-0.15, -0.1) is 0 Å². The van der Waals surface area contributed by atoms with Crippen molar-refractivity contribution in [3.63, 3.8) is 0 Å². The molecular formula is C11H10N2O4. The summed E-state index contributed by atoms with van der Waals surface area (Å²) in [6.45, 7) is 3.13. The maximum Gasteiger partial charge on any atom is 0.335 e. The van der Waals surface area contributed by atoms with E-state index in [-0.39, 0.29) is 11.3 Å². The van der Waals surface area contributed by atoms with Crippen LogP contribution in [0.3, 0.4) is 0 Å². The number of hydrogen-bond donors (Lipinski definition) is 1. The summed E-state index contributed by atoms with van der Waals surface area (Å²) in [4.78, 5) is 20.8. The van der Waals surface area contributed by atoms with E-state index >= 15 is 0 Å². The van der Waals surface area contributed by atoms with Gasteiger partial charge in [-0.1, -0.05) is 0 Å². The number of rotatable bonds is 3. The van der Waals surface area contributed by atoms with E-state index in [0.29, 0.717) is 5.56 Å². The maximum atomic E-state index is 10.8. The molecule has 0 unspecified atom stereocenters. The number of carboxylic acids is 1. The third-order valence-electron chi connectivity index (χ3n) is 2.38. The maximum absolute atomic E-state index is 10.8. The fourth-order valence-electron chi connectivity index (χ4n) is 1.27. The second-order valence-corrected chi connectivity index (χ2v) is 4.07. The summed E-state index contributed by atoms with van der Waals surface area (Å²) in [5, 5.41) is 28.5. The van der Waals surface area contributed by atoms with Gasteiger partial charge in [-0.2, -0.15) is 5.26 Å². The predicted octanol–water partition coefficient (Wildman–Crippen LogP) is 2.09. The molecule has 0 aliphatic heterocycles. The van der Waals surface area contributed by atoms with Crippen LogP contribution in [0.4, 0.5) is 5.69 Å². The summed E-state index contributed by atoms with van der Waals surface area (Å²) in [5.74, 6) is -1.26. The third-order valence-corrected chi connectivity index (χ3v) is 2.38. The van der Waals surface area contributed by atoms with Crippen LogP contribution in [0.2, 0.25) is 0 Å². The molecule has 88 valence electrons. The van der Waals surface area contributed by atoms with E-state index in [0.717, 1.165) is 6.07 Å². The van der Waals surface area contributed by atoms with E-state index < -0.39 is 16.3 Å². The Kier molecular flexibility index (Phi) is 3.14. The molecule has 1 rings (SSSR count). The molecule has 0 amide bonds. The van der Waals surface area contributed by atoms with Crippen LogP contribution in [0.5, 0.6) is 0 Å². The molecule has 17 heavy (non-hydrogen) atoms. The Balaban J connectivity index is 3.48. The lowest BCUT2D eigenvalue weighted by atomic mass is 9.85. The van der Waals surface area contributed by atoms with Crippen LogP contribution in [0.25, 0.3) is 0 Å². The summed E-state index contributed by atoms with van der Waals surface area (Å²) >= 11 is 0. The Morgan fingerprint density at radius 2 is 2.06 bits per heavy atom. The van der Waals surface area contributed by atoms with Gasteiger partial charge in [-0.05, 0) is 25.5 Å². The number of carbonyl (C=O) groups is 1. The summed E-state index contributed by atoms with van der Waals surface area (Å²) < 4.78 is 0. The molecule has 0 aliphatic rings. The predicted molar refractivity (Wildman–Crippen MR) is 58.7 cm³/mol. The molecule has 0 aromatic heterocycles. The van der Waals surface area contributed by atoms with Gasteiger partial charge < -0.3 is 5.11 Å².